The number of aromatic nitrogens is 3. The fourth-order valence-corrected chi connectivity index (χ4v) is 8.01. The van der Waals surface area contributed by atoms with E-state index in [0.29, 0.717) is 5.82 Å². The predicted molar refractivity (Wildman–Crippen MR) is 215 cm³/mol. The first-order chi connectivity index (χ1) is 25.8. The van der Waals surface area contributed by atoms with Crippen LogP contribution in [-0.4, -0.2) is 14.5 Å². The molecule has 11 rings (SSSR count). The Hall–Kier alpha value is -7.04. The van der Waals surface area contributed by atoms with E-state index in [1.165, 1.54) is 32.6 Å². The molecule has 52 heavy (non-hydrogen) atoms. The Labute approximate surface area is 298 Å². The predicted octanol–water partition coefficient (Wildman–Crippen LogP) is 12.8. The molecule has 0 N–H and O–H groups in total. The van der Waals surface area contributed by atoms with E-state index in [4.69, 9.17) is 14.4 Å². The smallest absolute Gasteiger partial charge is 0.161 e. The quantitative estimate of drug-likeness (QED) is 0.188. The normalized spacial score (nSPS) is 11.8. The number of hydrogen-bond donors (Lipinski definition) is 0. The largest absolute Gasteiger partial charge is 0.456 e. The maximum absolute atomic E-state index is 6.47. The average Bonchev–Trinajstić information content (AvgIpc) is 3.76. The van der Waals surface area contributed by atoms with Gasteiger partial charge in [-0.1, -0.05) is 127 Å². The van der Waals surface area contributed by atoms with Gasteiger partial charge in [-0.25, -0.2) is 9.97 Å². The zero-order chi connectivity index (χ0) is 34.2. The summed E-state index contributed by atoms with van der Waals surface area (Å²) in [5, 5.41) is 8.01. The summed E-state index contributed by atoms with van der Waals surface area (Å²) in [5.74, 6) is 0.679. The number of rotatable bonds is 4. The van der Waals surface area contributed by atoms with Gasteiger partial charge in [-0.15, -0.1) is 0 Å². The third-order valence-corrected chi connectivity index (χ3v) is 10.4. The minimum Gasteiger partial charge on any atom is -0.456 e. The second kappa shape index (κ2) is 11.2. The molecule has 0 radical (unpaired) electrons. The molecule has 0 spiro atoms. The summed E-state index contributed by atoms with van der Waals surface area (Å²) in [6.07, 6.45) is 0. The fraction of sp³-hybridized carbons (Fsp3) is 0. The first kappa shape index (κ1) is 28.8. The Kier molecular flexibility index (Phi) is 6.22. The highest BCUT2D eigenvalue weighted by atomic mass is 16.3. The van der Waals surface area contributed by atoms with Gasteiger partial charge in [0.05, 0.1) is 22.2 Å². The summed E-state index contributed by atoms with van der Waals surface area (Å²) in [6, 6.07) is 62.0. The number of nitrogens with zero attached hydrogens (tertiary/aromatic N) is 3. The maximum atomic E-state index is 6.47. The molecule has 0 aliphatic rings. The van der Waals surface area contributed by atoms with Gasteiger partial charge in [0.2, 0.25) is 0 Å². The Balaban J connectivity index is 1.13. The molecule has 242 valence electrons. The molecule has 0 unspecified atom stereocenters. The molecule has 8 aromatic carbocycles. The highest BCUT2D eigenvalue weighted by Gasteiger charge is 2.19. The lowest BCUT2D eigenvalue weighted by atomic mass is 9.98. The van der Waals surface area contributed by atoms with Crippen molar-refractivity contribution < 1.29 is 4.42 Å². The lowest BCUT2D eigenvalue weighted by Gasteiger charge is -2.10. The van der Waals surface area contributed by atoms with Crippen molar-refractivity contribution in [1.29, 1.82) is 0 Å². The standard InChI is InChI=1S/C48H29N3O/c1-3-13-31(14-4-1)46-37-18-9-10-20-41(37)49-48(50-46)38-19-11-21-44-45(38)40-29-33(24-27-43(40)52-44)32-23-26-42-39(28-32)36-25-22-30-12-7-8-17-35(30)47(36)51(42)34-15-5-2-6-16-34/h1-29H. The zero-order valence-electron chi connectivity index (χ0n) is 28.0. The fourth-order valence-electron chi connectivity index (χ4n) is 8.01. The lowest BCUT2D eigenvalue weighted by Crippen LogP contribution is -1.95. The van der Waals surface area contributed by atoms with Gasteiger partial charge >= 0.3 is 0 Å². The van der Waals surface area contributed by atoms with Crippen LogP contribution in [0, 0.1) is 0 Å². The van der Waals surface area contributed by atoms with Crippen LogP contribution >= 0.6 is 0 Å². The summed E-state index contributed by atoms with van der Waals surface area (Å²) in [5.41, 5.74) is 11.3. The summed E-state index contributed by atoms with van der Waals surface area (Å²) in [4.78, 5) is 10.3. The topological polar surface area (TPSA) is 43.9 Å². The third-order valence-electron chi connectivity index (χ3n) is 10.4. The average molecular weight is 664 g/mol. The number of furan rings is 1. The van der Waals surface area contributed by atoms with Crippen molar-refractivity contribution in [2.75, 3.05) is 0 Å². The van der Waals surface area contributed by atoms with Crippen LogP contribution in [0.3, 0.4) is 0 Å². The van der Waals surface area contributed by atoms with Crippen LogP contribution in [0.1, 0.15) is 0 Å². The molecule has 4 nitrogen and oxygen atoms in total. The molecule has 0 atom stereocenters. The van der Waals surface area contributed by atoms with Gasteiger partial charge in [0, 0.05) is 49.1 Å². The summed E-state index contributed by atoms with van der Waals surface area (Å²) in [6.45, 7) is 0. The zero-order valence-corrected chi connectivity index (χ0v) is 28.0. The molecule has 0 saturated heterocycles. The minimum absolute atomic E-state index is 0.679. The molecule has 0 bridgehead atoms. The molecule has 0 aliphatic heterocycles. The monoisotopic (exact) mass is 663 g/mol. The van der Waals surface area contributed by atoms with E-state index in [1.807, 2.05) is 30.3 Å². The van der Waals surface area contributed by atoms with Crippen molar-refractivity contribution >= 4 is 65.4 Å². The van der Waals surface area contributed by atoms with Crippen molar-refractivity contribution in [3.8, 4) is 39.5 Å². The maximum Gasteiger partial charge on any atom is 0.161 e. The van der Waals surface area contributed by atoms with Crippen LogP contribution in [-0.2, 0) is 0 Å². The van der Waals surface area contributed by atoms with Crippen LogP contribution in [0.15, 0.2) is 180 Å². The molecule has 3 aromatic heterocycles. The molecule has 4 heteroatoms. The van der Waals surface area contributed by atoms with Crippen LogP contribution < -0.4 is 0 Å². The van der Waals surface area contributed by atoms with Crippen molar-refractivity contribution in [3.05, 3.63) is 176 Å². The van der Waals surface area contributed by atoms with Gasteiger partial charge in [-0.2, -0.15) is 0 Å². The van der Waals surface area contributed by atoms with E-state index < -0.39 is 0 Å². The second-order valence-corrected chi connectivity index (χ2v) is 13.4. The molecule has 3 heterocycles. The Morgan fingerprint density at radius 2 is 1.17 bits per heavy atom. The van der Waals surface area contributed by atoms with E-state index >= 15 is 0 Å². The molecule has 0 amide bonds. The third kappa shape index (κ3) is 4.34. The number of para-hydroxylation sites is 2. The van der Waals surface area contributed by atoms with E-state index in [-0.39, 0.29) is 0 Å². The Morgan fingerprint density at radius 3 is 2.04 bits per heavy atom. The number of fused-ring (bicyclic) bond motifs is 9. The summed E-state index contributed by atoms with van der Waals surface area (Å²) >= 11 is 0. The number of benzene rings is 8. The van der Waals surface area contributed by atoms with E-state index in [0.717, 1.165) is 66.5 Å². The van der Waals surface area contributed by atoms with E-state index in [9.17, 15) is 0 Å². The number of hydrogen-bond acceptors (Lipinski definition) is 3. The molecule has 0 saturated carbocycles. The van der Waals surface area contributed by atoms with Gasteiger partial charge in [0.25, 0.3) is 0 Å². The highest BCUT2D eigenvalue weighted by Crippen LogP contribution is 2.41. The lowest BCUT2D eigenvalue weighted by molar-refractivity contribution is 0.669. The van der Waals surface area contributed by atoms with Crippen LogP contribution in [0.4, 0.5) is 0 Å². The van der Waals surface area contributed by atoms with Crippen molar-refractivity contribution in [2.45, 2.75) is 0 Å². The summed E-state index contributed by atoms with van der Waals surface area (Å²) in [7, 11) is 0. The van der Waals surface area contributed by atoms with Crippen LogP contribution in [0.5, 0.6) is 0 Å². The Bertz CT molecular complexity index is 3180. The summed E-state index contributed by atoms with van der Waals surface area (Å²) < 4.78 is 8.88. The van der Waals surface area contributed by atoms with Gasteiger partial charge < -0.3 is 8.98 Å². The highest BCUT2D eigenvalue weighted by molar-refractivity contribution is 6.19. The van der Waals surface area contributed by atoms with Gasteiger partial charge in [0.1, 0.15) is 11.2 Å². The first-order valence-corrected chi connectivity index (χ1v) is 17.6. The second-order valence-electron chi connectivity index (χ2n) is 13.4. The Morgan fingerprint density at radius 1 is 0.442 bits per heavy atom. The molecular formula is C48H29N3O. The van der Waals surface area contributed by atoms with Gasteiger partial charge in [-0.05, 0) is 65.0 Å². The van der Waals surface area contributed by atoms with E-state index in [2.05, 4.69) is 150 Å². The van der Waals surface area contributed by atoms with Gasteiger partial charge in [-0.3, -0.25) is 0 Å². The van der Waals surface area contributed by atoms with Crippen LogP contribution in [0.25, 0.3) is 105 Å². The van der Waals surface area contributed by atoms with Crippen molar-refractivity contribution in [3.63, 3.8) is 0 Å². The van der Waals surface area contributed by atoms with Crippen molar-refractivity contribution in [2.24, 2.45) is 0 Å². The first-order valence-electron chi connectivity index (χ1n) is 17.6. The molecule has 11 aromatic rings. The molecular weight excluding hydrogens is 635 g/mol. The SMILES string of the molecule is c1ccc(-c2nc(-c3cccc4oc5ccc(-c6ccc7c(c6)c6ccc8ccccc8c6n7-c6ccccc6)cc5c34)nc3ccccc23)cc1. The van der Waals surface area contributed by atoms with Gasteiger partial charge in [0.15, 0.2) is 5.82 Å². The van der Waals surface area contributed by atoms with E-state index in [1.54, 1.807) is 0 Å². The minimum atomic E-state index is 0.679. The van der Waals surface area contributed by atoms with Crippen molar-refractivity contribution in [1.82, 2.24) is 14.5 Å². The van der Waals surface area contributed by atoms with Crippen LogP contribution in [0.2, 0.25) is 0 Å². The molecule has 0 fully saturated rings. The molecule has 0 aliphatic carbocycles.